The quantitative estimate of drug-likeness (QED) is 0.859. The van der Waals surface area contributed by atoms with Gasteiger partial charge in [-0.1, -0.05) is 0 Å². The van der Waals surface area contributed by atoms with E-state index >= 15 is 0 Å². The molecule has 3 rings (SSSR count). The summed E-state index contributed by atoms with van der Waals surface area (Å²) < 4.78 is 1.60. The Labute approximate surface area is 160 Å². The minimum absolute atomic E-state index is 0.0430. The molecule has 2 aromatic heterocycles. The van der Waals surface area contributed by atoms with Gasteiger partial charge < -0.3 is 5.32 Å². The number of hydrogen-bond acceptors (Lipinski definition) is 6. The minimum Gasteiger partial charge on any atom is -0.309 e. The lowest BCUT2D eigenvalue weighted by Gasteiger charge is -2.36. The molecule has 0 aliphatic carbocycles. The molecule has 1 saturated heterocycles. The number of carbonyl (C=O) groups is 1. The molecule has 0 saturated carbocycles. The number of anilines is 1. The zero-order chi connectivity index (χ0) is 19.6. The van der Waals surface area contributed by atoms with Gasteiger partial charge in [-0.15, -0.1) is 0 Å². The molecule has 0 aromatic carbocycles. The molecule has 146 valence electrons. The van der Waals surface area contributed by atoms with Crippen molar-refractivity contribution < 1.29 is 4.79 Å². The van der Waals surface area contributed by atoms with E-state index in [0.29, 0.717) is 24.4 Å². The number of rotatable bonds is 5. The SMILES string of the molecule is Cc1cc(C)nc(-n2nc(C)cc2NC(=O)CN2CCN(C(C)C)CC2)n1. The lowest BCUT2D eigenvalue weighted by atomic mass is 10.2. The topological polar surface area (TPSA) is 79.2 Å². The van der Waals surface area contributed by atoms with Crippen LogP contribution in [0.4, 0.5) is 5.82 Å². The lowest BCUT2D eigenvalue weighted by Crippen LogP contribution is -2.50. The van der Waals surface area contributed by atoms with Gasteiger partial charge in [0.1, 0.15) is 5.82 Å². The third kappa shape index (κ3) is 4.90. The van der Waals surface area contributed by atoms with Crippen molar-refractivity contribution in [2.45, 2.75) is 40.7 Å². The van der Waals surface area contributed by atoms with E-state index in [0.717, 1.165) is 43.3 Å². The van der Waals surface area contributed by atoms with Crippen LogP contribution in [0.15, 0.2) is 12.1 Å². The maximum Gasteiger partial charge on any atom is 0.252 e. The number of carbonyl (C=O) groups excluding carboxylic acids is 1. The minimum atomic E-state index is -0.0430. The average Bonchev–Trinajstić information content (AvgIpc) is 2.94. The van der Waals surface area contributed by atoms with E-state index in [1.54, 1.807) is 4.68 Å². The smallest absolute Gasteiger partial charge is 0.252 e. The molecular formula is C19H29N7O. The second-order valence-electron chi connectivity index (χ2n) is 7.49. The summed E-state index contributed by atoms with van der Waals surface area (Å²) in [4.78, 5) is 26.1. The second kappa shape index (κ2) is 8.14. The Morgan fingerprint density at radius 1 is 1.04 bits per heavy atom. The molecule has 0 radical (unpaired) electrons. The Bertz CT molecular complexity index is 786. The third-order valence-electron chi connectivity index (χ3n) is 4.76. The highest BCUT2D eigenvalue weighted by molar-refractivity contribution is 5.91. The Balaban J connectivity index is 1.67. The average molecular weight is 371 g/mol. The number of amides is 1. The van der Waals surface area contributed by atoms with Crippen LogP contribution >= 0.6 is 0 Å². The van der Waals surface area contributed by atoms with E-state index in [4.69, 9.17) is 0 Å². The third-order valence-corrected chi connectivity index (χ3v) is 4.76. The molecule has 1 aliphatic rings. The molecular weight excluding hydrogens is 342 g/mol. The summed E-state index contributed by atoms with van der Waals surface area (Å²) in [6.07, 6.45) is 0. The van der Waals surface area contributed by atoms with Crippen molar-refractivity contribution in [1.82, 2.24) is 29.5 Å². The van der Waals surface area contributed by atoms with Crippen molar-refractivity contribution in [3.63, 3.8) is 0 Å². The molecule has 1 amide bonds. The molecule has 0 unspecified atom stereocenters. The van der Waals surface area contributed by atoms with Crippen molar-refractivity contribution in [3.8, 4) is 5.95 Å². The molecule has 27 heavy (non-hydrogen) atoms. The Hall–Kier alpha value is -2.32. The summed E-state index contributed by atoms with van der Waals surface area (Å²) in [7, 11) is 0. The van der Waals surface area contributed by atoms with Crippen LogP contribution in [-0.2, 0) is 4.79 Å². The zero-order valence-corrected chi connectivity index (χ0v) is 16.9. The van der Waals surface area contributed by atoms with Crippen LogP contribution in [-0.4, -0.2) is 74.2 Å². The summed E-state index contributed by atoms with van der Waals surface area (Å²) in [5, 5.41) is 7.43. The van der Waals surface area contributed by atoms with Crippen LogP contribution in [0.5, 0.6) is 0 Å². The van der Waals surface area contributed by atoms with Gasteiger partial charge in [0, 0.05) is 49.7 Å². The molecule has 3 heterocycles. The monoisotopic (exact) mass is 371 g/mol. The number of nitrogens with one attached hydrogen (secondary N) is 1. The molecule has 8 nitrogen and oxygen atoms in total. The van der Waals surface area contributed by atoms with Gasteiger partial charge in [-0.25, -0.2) is 9.97 Å². The fourth-order valence-corrected chi connectivity index (χ4v) is 3.37. The Kier molecular flexibility index (Phi) is 5.86. The van der Waals surface area contributed by atoms with Crippen LogP contribution in [0.2, 0.25) is 0 Å². The van der Waals surface area contributed by atoms with Gasteiger partial charge in [0.25, 0.3) is 5.95 Å². The summed E-state index contributed by atoms with van der Waals surface area (Å²) >= 11 is 0. The van der Waals surface area contributed by atoms with Crippen LogP contribution in [0, 0.1) is 20.8 Å². The molecule has 2 aromatic rings. The fraction of sp³-hybridized carbons (Fsp3) is 0.579. The van der Waals surface area contributed by atoms with Gasteiger partial charge in [0.05, 0.1) is 12.2 Å². The Morgan fingerprint density at radius 3 is 2.26 bits per heavy atom. The summed E-state index contributed by atoms with van der Waals surface area (Å²) in [5.41, 5.74) is 2.54. The van der Waals surface area contributed by atoms with Crippen molar-refractivity contribution in [3.05, 3.63) is 29.2 Å². The first kappa shape index (κ1) is 19.4. The molecule has 0 atom stereocenters. The largest absolute Gasteiger partial charge is 0.309 e. The first-order valence-electron chi connectivity index (χ1n) is 9.47. The highest BCUT2D eigenvalue weighted by Gasteiger charge is 2.21. The van der Waals surface area contributed by atoms with Gasteiger partial charge >= 0.3 is 0 Å². The predicted octanol–water partition coefficient (Wildman–Crippen LogP) is 1.55. The molecule has 1 aliphatic heterocycles. The van der Waals surface area contributed by atoms with Crippen molar-refractivity contribution >= 4 is 11.7 Å². The lowest BCUT2D eigenvalue weighted by molar-refractivity contribution is -0.117. The van der Waals surface area contributed by atoms with E-state index < -0.39 is 0 Å². The second-order valence-corrected chi connectivity index (χ2v) is 7.49. The van der Waals surface area contributed by atoms with Gasteiger partial charge in [-0.3, -0.25) is 14.6 Å². The summed E-state index contributed by atoms with van der Waals surface area (Å²) in [5.74, 6) is 1.03. The van der Waals surface area contributed by atoms with E-state index in [1.807, 2.05) is 32.9 Å². The summed E-state index contributed by atoms with van der Waals surface area (Å²) in [6, 6.07) is 4.31. The normalized spacial score (nSPS) is 16.1. The molecule has 0 spiro atoms. The highest BCUT2D eigenvalue weighted by Crippen LogP contribution is 2.15. The van der Waals surface area contributed by atoms with Gasteiger partial charge in [0.15, 0.2) is 0 Å². The number of aromatic nitrogens is 4. The number of aryl methyl sites for hydroxylation is 3. The van der Waals surface area contributed by atoms with E-state index in [9.17, 15) is 4.79 Å². The van der Waals surface area contributed by atoms with Crippen molar-refractivity contribution in [2.75, 3.05) is 38.0 Å². The molecule has 8 heteroatoms. The van der Waals surface area contributed by atoms with Crippen LogP contribution in [0.25, 0.3) is 5.95 Å². The summed E-state index contributed by atoms with van der Waals surface area (Å²) in [6.45, 7) is 14.3. The standard InChI is InChI=1S/C19H29N7O/c1-13(2)25-8-6-24(7-9-25)12-18(27)22-17-11-16(5)23-26(17)19-20-14(3)10-15(4)21-19/h10-11,13H,6-9,12H2,1-5H3,(H,22,27). The van der Waals surface area contributed by atoms with E-state index in [2.05, 4.69) is 44.0 Å². The highest BCUT2D eigenvalue weighted by atomic mass is 16.2. The first-order valence-corrected chi connectivity index (χ1v) is 9.47. The fourth-order valence-electron chi connectivity index (χ4n) is 3.37. The van der Waals surface area contributed by atoms with Gasteiger partial charge in [-0.2, -0.15) is 9.78 Å². The van der Waals surface area contributed by atoms with Crippen LogP contribution in [0.1, 0.15) is 30.9 Å². The van der Waals surface area contributed by atoms with E-state index in [1.165, 1.54) is 0 Å². The van der Waals surface area contributed by atoms with Crippen molar-refractivity contribution in [1.29, 1.82) is 0 Å². The zero-order valence-electron chi connectivity index (χ0n) is 16.9. The van der Waals surface area contributed by atoms with Crippen LogP contribution in [0.3, 0.4) is 0 Å². The maximum atomic E-state index is 12.6. The Morgan fingerprint density at radius 2 is 1.67 bits per heavy atom. The maximum absolute atomic E-state index is 12.6. The molecule has 1 fully saturated rings. The number of nitrogens with zero attached hydrogens (tertiary/aromatic N) is 6. The number of piperazine rings is 1. The van der Waals surface area contributed by atoms with Crippen LogP contribution < -0.4 is 5.32 Å². The van der Waals surface area contributed by atoms with Gasteiger partial charge in [-0.05, 0) is 40.7 Å². The van der Waals surface area contributed by atoms with Crippen molar-refractivity contribution in [2.24, 2.45) is 0 Å². The first-order chi connectivity index (χ1) is 12.8. The predicted molar refractivity (Wildman–Crippen MR) is 105 cm³/mol. The van der Waals surface area contributed by atoms with Gasteiger partial charge in [0.2, 0.25) is 5.91 Å². The number of hydrogen-bond donors (Lipinski definition) is 1. The molecule has 1 N–H and O–H groups in total. The van der Waals surface area contributed by atoms with E-state index in [-0.39, 0.29) is 5.91 Å². The molecule has 0 bridgehead atoms.